The number of unbranched alkanes of at least 4 members (excludes halogenated alkanes) is 6. The second-order valence-electron chi connectivity index (χ2n) is 8.47. The molecule has 0 N–H and O–H groups in total. The van der Waals surface area contributed by atoms with Crippen LogP contribution in [0.2, 0.25) is 0 Å². The highest BCUT2D eigenvalue weighted by molar-refractivity contribution is 7.91. The highest BCUT2D eigenvalue weighted by Gasteiger charge is 2.40. The first-order valence-electron chi connectivity index (χ1n) is 11.1. The number of hydrogen-bond donors (Lipinski definition) is 0. The topological polar surface area (TPSA) is 52.6 Å². The Balaban J connectivity index is 1.72. The second-order valence-corrected chi connectivity index (χ2v) is 10.6. The molecule has 1 aromatic carbocycles. The van der Waals surface area contributed by atoms with Crippen LogP contribution in [0.15, 0.2) is 47.9 Å². The lowest BCUT2D eigenvalue weighted by Gasteiger charge is -2.16. The van der Waals surface area contributed by atoms with Gasteiger partial charge in [0, 0.05) is 0 Å². The maximum atomic E-state index is 12.5. The van der Waals surface area contributed by atoms with Crippen LogP contribution >= 0.6 is 0 Å². The van der Waals surface area contributed by atoms with Crippen molar-refractivity contribution in [2.75, 3.05) is 5.75 Å². The van der Waals surface area contributed by atoms with E-state index in [0.717, 1.165) is 19.3 Å². The SMILES string of the molecule is C=CCCCCCCCC[C@H]1OC(C)(C)O[C@@H]1CCCS(=O)(=O)c1ccccc1. The van der Waals surface area contributed by atoms with E-state index in [4.69, 9.17) is 9.47 Å². The third-order valence-corrected chi connectivity index (χ3v) is 7.25. The normalized spacial score (nSPS) is 21.3. The van der Waals surface area contributed by atoms with E-state index in [2.05, 4.69) is 6.58 Å². The van der Waals surface area contributed by atoms with Gasteiger partial charge in [0.1, 0.15) is 0 Å². The molecule has 1 aliphatic rings. The maximum Gasteiger partial charge on any atom is 0.178 e. The summed E-state index contributed by atoms with van der Waals surface area (Å²) in [4.78, 5) is 0.397. The average molecular weight is 423 g/mol. The molecule has 0 unspecified atom stereocenters. The van der Waals surface area contributed by atoms with Gasteiger partial charge in [-0.3, -0.25) is 0 Å². The van der Waals surface area contributed by atoms with Crippen LogP contribution in [-0.2, 0) is 19.3 Å². The van der Waals surface area contributed by atoms with Gasteiger partial charge in [0.25, 0.3) is 0 Å². The summed E-state index contributed by atoms with van der Waals surface area (Å²) in [7, 11) is -3.23. The Morgan fingerprint density at radius 1 is 0.897 bits per heavy atom. The molecule has 0 radical (unpaired) electrons. The van der Waals surface area contributed by atoms with Gasteiger partial charge in [-0.25, -0.2) is 8.42 Å². The van der Waals surface area contributed by atoms with Gasteiger partial charge in [0.05, 0.1) is 22.9 Å². The van der Waals surface area contributed by atoms with E-state index in [1.54, 1.807) is 24.3 Å². The van der Waals surface area contributed by atoms with Gasteiger partial charge in [0.15, 0.2) is 15.6 Å². The molecule has 0 saturated carbocycles. The molecule has 164 valence electrons. The minimum Gasteiger partial charge on any atom is -0.345 e. The van der Waals surface area contributed by atoms with Crippen molar-refractivity contribution in [2.45, 2.75) is 101 Å². The fraction of sp³-hybridized carbons (Fsp3) is 0.667. The van der Waals surface area contributed by atoms with E-state index in [0.29, 0.717) is 17.7 Å². The first-order valence-corrected chi connectivity index (χ1v) is 12.7. The third-order valence-electron chi connectivity index (χ3n) is 5.44. The zero-order valence-electron chi connectivity index (χ0n) is 18.1. The summed E-state index contributed by atoms with van der Waals surface area (Å²) < 4.78 is 37.1. The van der Waals surface area contributed by atoms with Crippen molar-refractivity contribution >= 4 is 9.84 Å². The standard InChI is InChI=1S/C24H38O4S/c1-4-5-6-7-8-9-10-14-18-22-23(28-24(2,3)27-22)19-15-20-29(25,26)21-16-12-11-13-17-21/h4,11-13,16-17,22-23H,1,5-10,14-15,18-20H2,2-3H3/t22-,23-/m1/s1. The van der Waals surface area contributed by atoms with Gasteiger partial charge in [-0.2, -0.15) is 0 Å². The van der Waals surface area contributed by atoms with Gasteiger partial charge < -0.3 is 9.47 Å². The smallest absolute Gasteiger partial charge is 0.178 e. The number of hydrogen-bond acceptors (Lipinski definition) is 4. The Hall–Kier alpha value is -1.17. The van der Waals surface area contributed by atoms with Crippen LogP contribution in [-0.4, -0.2) is 32.2 Å². The summed E-state index contributed by atoms with van der Waals surface area (Å²) in [6.07, 6.45) is 12.8. The number of sulfone groups is 1. The molecule has 1 fully saturated rings. The summed E-state index contributed by atoms with van der Waals surface area (Å²) in [5, 5.41) is 0. The van der Waals surface area contributed by atoms with E-state index in [1.165, 1.54) is 32.1 Å². The van der Waals surface area contributed by atoms with Crippen molar-refractivity contribution in [3.8, 4) is 0 Å². The Morgan fingerprint density at radius 3 is 2.07 bits per heavy atom. The van der Waals surface area contributed by atoms with Crippen molar-refractivity contribution < 1.29 is 17.9 Å². The van der Waals surface area contributed by atoms with Crippen LogP contribution in [0.3, 0.4) is 0 Å². The zero-order chi connectivity index (χ0) is 21.2. The Labute approximate surface area is 177 Å². The summed E-state index contributed by atoms with van der Waals surface area (Å²) in [6.45, 7) is 7.65. The zero-order valence-corrected chi connectivity index (χ0v) is 19.0. The monoisotopic (exact) mass is 422 g/mol. The van der Waals surface area contributed by atoms with Gasteiger partial charge in [-0.15, -0.1) is 6.58 Å². The highest BCUT2D eigenvalue weighted by atomic mass is 32.2. The lowest BCUT2D eigenvalue weighted by molar-refractivity contribution is -0.147. The van der Waals surface area contributed by atoms with E-state index in [9.17, 15) is 8.42 Å². The van der Waals surface area contributed by atoms with E-state index in [-0.39, 0.29) is 18.0 Å². The molecule has 5 heteroatoms. The molecule has 29 heavy (non-hydrogen) atoms. The van der Waals surface area contributed by atoms with Crippen LogP contribution < -0.4 is 0 Å². The molecule has 2 atom stereocenters. The Kier molecular flexibility index (Phi) is 9.87. The molecule has 0 amide bonds. The summed E-state index contributed by atoms with van der Waals surface area (Å²) in [5.41, 5.74) is 0. The fourth-order valence-electron chi connectivity index (χ4n) is 3.96. The minimum atomic E-state index is -3.23. The van der Waals surface area contributed by atoms with E-state index < -0.39 is 15.6 Å². The molecule has 1 saturated heterocycles. The second kappa shape index (κ2) is 11.9. The third kappa shape index (κ3) is 8.61. The van der Waals surface area contributed by atoms with E-state index in [1.807, 2.05) is 26.0 Å². The predicted molar refractivity (Wildman–Crippen MR) is 119 cm³/mol. The molecule has 0 aromatic heterocycles. The largest absolute Gasteiger partial charge is 0.345 e. The van der Waals surface area contributed by atoms with Crippen molar-refractivity contribution in [3.63, 3.8) is 0 Å². The molecule has 1 heterocycles. The molecular weight excluding hydrogens is 384 g/mol. The number of allylic oxidation sites excluding steroid dienone is 1. The van der Waals surface area contributed by atoms with E-state index >= 15 is 0 Å². The summed E-state index contributed by atoms with van der Waals surface area (Å²) in [5.74, 6) is -0.437. The molecule has 0 bridgehead atoms. The lowest BCUT2D eigenvalue weighted by atomic mass is 10.0. The van der Waals surface area contributed by atoms with Crippen LogP contribution in [0.5, 0.6) is 0 Å². The van der Waals surface area contributed by atoms with Crippen molar-refractivity contribution in [1.82, 2.24) is 0 Å². The molecule has 2 rings (SSSR count). The van der Waals surface area contributed by atoms with Crippen molar-refractivity contribution in [3.05, 3.63) is 43.0 Å². The van der Waals surface area contributed by atoms with Crippen molar-refractivity contribution in [2.24, 2.45) is 0 Å². The first kappa shape index (κ1) is 24.1. The highest BCUT2D eigenvalue weighted by Crippen LogP contribution is 2.33. The summed E-state index contributed by atoms with van der Waals surface area (Å²) in [6, 6.07) is 8.68. The first-order chi connectivity index (χ1) is 13.8. The minimum absolute atomic E-state index is 0.0245. The number of rotatable bonds is 14. The van der Waals surface area contributed by atoms with Gasteiger partial charge in [0.2, 0.25) is 0 Å². The van der Waals surface area contributed by atoms with Crippen LogP contribution in [0.4, 0.5) is 0 Å². The molecule has 0 spiro atoms. The number of ether oxygens (including phenoxy) is 2. The van der Waals surface area contributed by atoms with Crippen LogP contribution in [0.1, 0.15) is 78.1 Å². The fourth-order valence-corrected chi connectivity index (χ4v) is 5.31. The molecule has 1 aromatic rings. The molecule has 0 aliphatic carbocycles. The Morgan fingerprint density at radius 2 is 1.45 bits per heavy atom. The number of benzene rings is 1. The van der Waals surface area contributed by atoms with Gasteiger partial charge >= 0.3 is 0 Å². The quantitative estimate of drug-likeness (QED) is 0.270. The predicted octanol–water partition coefficient (Wildman–Crippen LogP) is 6.07. The lowest BCUT2D eigenvalue weighted by Crippen LogP contribution is -2.23. The molecular formula is C24H38O4S. The van der Waals surface area contributed by atoms with Crippen molar-refractivity contribution in [1.29, 1.82) is 0 Å². The maximum absolute atomic E-state index is 12.5. The van der Waals surface area contributed by atoms with Gasteiger partial charge in [-0.05, 0) is 58.1 Å². The van der Waals surface area contributed by atoms with Crippen LogP contribution in [0, 0.1) is 0 Å². The van der Waals surface area contributed by atoms with Gasteiger partial charge in [-0.1, -0.05) is 56.4 Å². The summed E-state index contributed by atoms with van der Waals surface area (Å²) >= 11 is 0. The molecule has 4 nitrogen and oxygen atoms in total. The Bertz CT molecular complexity index is 697. The molecule has 1 aliphatic heterocycles. The average Bonchev–Trinajstić information content (AvgIpc) is 2.98. The van der Waals surface area contributed by atoms with Crippen LogP contribution in [0.25, 0.3) is 0 Å².